The van der Waals surface area contributed by atoms with Gasteiger partial charge in [0.25, 0.3) is 0 Å². The van der Waals surface area contributed by atoms with E-state index in [2.05, 4.69) is 15.4 Å². The van der Waals surface area contributed by atoms with Gasteiger partial charge in [-0.3, -0.25) is 0 Å². The minimum Gasteiger partial charge on any atom is -0.467 e. The summed E-state index contributed by atoms with van der Waals surface area (Å²) in [4.78, 5) is 4.02. The minimum absolute atomic E-state index is 0.0109. The summed E-state index contributed by atoms with van der Waals surface area (Å²) in [5.41, 5.74) is -2.87. The Balaban J connectivity index is 1.77. The molecule has 0 amide bonds. The summed E-state index contributed by atoms with van der Waals surface area (Å²) in [5, 5.41) is 7.20. The van der Waals surface area contributed by atoms with Crippen LogP contribution in [-0.2, 0) is 18.9 Å². The number of furan rings is 1. The lowest BCUT2D eigenvalue weighted by Crippen LogP contribution is -2.11. The standard InChI is InChI=1S/C19H12F6N4O/c20-18(21,22)12-6-11(7-13(8-12)19(23,24)25)15-10-27-17-4-3-16(28-29(15)17)26-9-14-2-1-5-30-14/h1-8,10H,9H2,(H,26,28). The number of hydrogen-bond donors (Lipinski definition) is 1. The summed E-state index contributed by atoms with van der Waals surface area (Å²) in [5.74, 6) is 0.955. The van der Waals surface area contributed by atoms with E-state index in [1.807, 2.05) is 0 Å². The van der Waals surface area contributed by atoms with Crippen LogP contribution in [0.5, 0.6) is 0 Å². The van der Waals surface area contributed by atoms with Crippen molar-refractivity contribution < 1.29 is 30.8 Å². The summed E-state index contributed by atoms with van der Waals surface area (Å²) in [6.07, 6.45) is -7.22. The minimum atomic E-state index is -4.94. The van der Waals surface area contributed by atoms with Crippen molar-refractivity contribution in [1.82, 2.24) is 14.6 Å². The van der Waals surface area contributed by atoms with E-state index in [1.54, 1.807) is 24.3 Å². The molecule has 1 aromatic carbocycles. The fourth-order valence-electron chi connectivity index (χ4n) is 2.86. The third kappa shape index (κ3) is 3.95. The zero-order chi connectivity index (χ0) is 21.5. The zero-order valence-electron chi connectivity index (χ0n) is 14.9. The molecule has 156 valence electrons. The number of imidazole rings is 1. The Kier molecular flexibility index (Phi) is 4.67. The summed E-state index contributed by atoms with van der Waals surface area (Å²) in [7, 11) is 0. The number of rotatable bonds is 4. The SMILES string of the molecule is FC(F)(F)c1cc(-c2cnc3ccc(NCc4ccco4)nn23)cc(C(F)(F)F)c1. The Morgan fingerprint density at radius 1 is 0.933 bits per heavy atom. The third-order valence-corrected chi connectivity index (χ3v) is 4.27. The van der Waals surface area contributed by atoms with Crippen molar-refractivity contribution in [1.29, 1.82) is 0 Å². The number of halogens is 6. The van der Waals surface area contributed by atoms with Crippen molar-refractivity contribution in [3.8, 4) is 11.3 Å². The Morgan fingerprint density at radius 3 is 2.23 bits per heavy atom. The van der Waals surface area contributed by atoms with E-state index >= 15 is 0 Å². The van der Waals surface area contributed by atoms with Gasteiger partial charge in [0.2, 0.25) is 0 Å². The van der Waals surface area contributed by atoms with Crippen LogP contribution in [0.4, 0.5) is 32.2 Å². The quantitative estimate of drug-likeness (QED) is 0.429. The summed E-state index contributed by atoms with van der Waals surface area (Å²) >= 11 is 0. The van der Waals surface area contributed by atoms with E-state index in [9.17, 15) is 26.3 Å². The molecule has 0 radical (unpaired) electrons. The highest BCUT2D eigenvalue weighted by atomic mass is 19.4. The first-order valence-corrected chi connectivity index (χ1v) is 8.52. The summed E-state index contributed by atoms with van der Waals surface area (Å²) < 4.78 is 85.4. The summed E-state index contributed by atoms with van der Waals surface area (Å²) in [6, 6.07) is 7.92. The largest absolute Gasteiger partial charge is 0.467 e. The second-order valence-corrected chi connectivity index (χ2v) is 6.36. The molecular formula is C19H12F6N4O. The first-order chi connectivity index (χ1) is 14.1. The van der Waals surface area contributed by atoms with E-state index < -0.39 is 23.5 Å². The number of aromatic nitrogens is 3. The normalized spacial score (nSPS) is 12.5. The van der Waals surface area contributed by atoms with Crippen LogP contribution in [0.2, 0.25) is 0 Å². The lowest BCUT2D eigenvalue weighted by Gasteiger charge is -2.14. The molecule has 3 aromatic heterocycles. The highest BCUT2D eigenvalue weighted by Gasteiger charge is 2.37. The molecule has 0 saturated carbocycles. The van der Waals surface area contributed by atoms with Crippen molar-refractivity contribution in [3.63, 3.8) is 0 Å². The third-order valence-electron chi connectivity index (χ3n) is 4.27. The van der Waals surface area contributed by atoms with Gasteiger partial charge in [-0.1, -0.05) is 0 Å². The lowest BCUT2D eigenvalue weighted by molar-refractivity contribution is -0.143. The number of nitrogens with one attached hydrogen (secondary N) is 1. The molecule has 11 heteroatoms. The van der Waals surface area contributed by atoms with E-state index in [4.69, 9.17) is 4.42 Å². The van der Waals surface area contributed by atoms with Crippen LogP contribution in [-0.4, -0.2) is 14.6 Å². The molecule has 0 aliphatic heterocycles. The Hall–Kier alpha value is -3.50. The van der Waals surface area contributed by atoms with E-state index in [0.717, 1.165) is 0 Å². The van der Waals surface area contributed by atoms with Crippen molar-refractivity contribution in [2.75, 3.05) is 5.32 Å². The van der Waals surface area contributed by atoms with Gasteiger partial charge in [0, 0.05) is 5.56 Å². The van der Waals surface area contributed by atoms with Gasteiger partial charge in [-0.15, -0.1) is 5.10 Å². The van der Waals surface area contributed by atoms with Crippen molar-refractivity contribution in [3.05, 3.63) is 71.8 Å². The molecular weight excluding hydrogens is 414 g/mol. The molecule has 0 unspecified atom stereocenters. The second kappa shape index (κ2) is 7.08. The monoisotopic (exact) mass is 426 g/mol. The van der Waals surface area contributed by atoms with Gasteiger partial charge in [0.1, 0.15) is 11.6 Å². The predicted octanol–water partition coefficient (Wildman–Crippen LogP) is 5.64. The van der Waals surface area contributed by atoms with Gasteiger partial charge in [0.05, 0.1) is 35.8 Å². The van der Waals surface area contributed by atoms with Crippen LogP contribution < -0.4 is 5.32 Å². The molecule has 0 aliphatic rings. The molecule has 0 bridgehead atoms. The maximum atomic E-state index is 13.2. The van der Waals surface area contributed by atoms with Crippen LogP contribution in [0.1, 0.15) is 16.9 Å². The van der Waals surface area contributed by atoms with Crippen molar-refractivity contribution in [2.24, 2.45) is 0 Å². The van der Waals surface area contributed by atoms with Crippen molar-refractivity contribution in [2.45, 2.75) is 18.9 Å². The number of benzene rings is 1. The molecule has 0 fully saturated rings. The average molecular weight is 426 g/mol. The van der Waals surface area contributed by atoms with Crippen LogP contribution in [0.3, 0.4) is 0 Å². The van der Waals surface area contributed by atoms with Gasteiger partial charge in [-0.25, -0.2) is 9.50 Å². The topological polar surface area (TPSA) is 55.4 Å². The molecule has 0 aliphatic carbocycles. The first-order valence-electron chi connectivity index (χ1n) is 8.52. The highest BCUT2D eigenvalue weighted by molar-refractivity contribution is 5.65. The number of alkyl halides is 6. The number of anilines is 1. The Morgan fingerprint density at radius 2 is 1.63 bits per heavy atom. The zero-order valence-corrected chi connectivity index (χ0v) is 14.9. The van der Waals surface area contributed by atoms with Crippen LogP contribution >= 0.6 is 0 Å². The number of hydrogen-bond acceptors (Lipinski definition) is 4. The fourth-order valence-corrected chi connectivity index (χ4v) is 2.86. The molecule has 4 aromatic rings. The molecule has 1 N–H and O–H groups in total. The average Bonchev–Trinajstić information content (AvgIpc) is 3.34. The fraction of sp³-hybridized carbons (Fsp3) is 0.158. The van der Waals surface area contributed by atoms with Gasteiger partial charge < -0.3 is 9.73 Å². The van der Waals surface area contributed by atoms with Crippen LogP contribution in [0.25, 0.3) is 16.9 Å². The van der Waals surface area contributed by atoms with E-state index in [0.29, 0.717) is 23.7 Å². The maximum absolute atomic E-state index is 13.2. The number of nitrogens with zero attached hydrogens (tertiary/aromatic N) is 3. The van der Waals surface area contributed by atoms with Crippen molar-refractivity contribution >= 4 is 11.5 Å². The van der Waals surface area contributed by atoms with Crippen LogP contribution in [0, 0.1) is 0 Å². The molecule has 0 saturated heterocycles. The lowest BCUT2D eigenvalue weighted by atomic mass is 10.0. The second-order valence-electron chi connectivity index (χ2n) is 6.36. The molecule has 0 atom stereocenters. The van der Waals surface area contributed by atoms with E-state index in [1.165, 1.54) is 17.0 Å². The smallest absolute Gasteiger partial charge is 0.416 e. The van der Waals surface area contributed by atoms with Gasteiger partial charge >= 0.3 is 12.4 Å². The summed E-state index contributed by atoms with van der Waals surface area (Å²) in [6.45, 7) is 0.289. The molecule has 5 nitrogen and oxygen atoms in total. The van der Waals surface area contributed by atoms with Gasteiger partial charge in [-0.05, 0) is 42.5 Å². The molecule has 3 heterocycles. The molecule has 30 heavy (non-hydrogen) atoms. The first kappa shape index (κ1) is 19.8. The predicted molar refractivity (Wildman–Crippen MR) is 94.5 cm³/mol. The van der Waals surface area contributed by atoms with Crippen LogP contribution in [0.15, 0.2) is 59.3 Å². The van der Waals surface area contributed by atoms with Gasteiger partial charge in [-0.2, -0.15) is 26.3 Å². The number of fused-ring (bicyclic) bond motifs is 1. The Bertz CT molecular complexity index is 1150. The van der Waals surface area contributed by atoms with E-state index in [-0.39, 0.29) is 29.5 Å². The van der Waals surface area contributed by atoms with Gasteiger partial charge in [0.15, 0.2) is 5.65 Å². The highest BCUT2D eigenvalue weighted by Crippen LogP contribution is 2.38. The Labute approximate surface area is 165 Å². The molecule has 4 rings (SSSR count). The maximum Gasteiger partial charge on any atom is 0.416 e. The molecule has 0 spiro atoms.